The van der Waals surface area contributed by atoms with Gasteiger partial charge in [-0.25, -0.2) is 0 Å². The molecule has 150 valence electrons. The van der Waals surface area contributed by atoms with E-state index in [9.17, 15) is 9.59 Å². The first-order valence-electron chi connectivity index (χ1n) is 8.54. The van der Waals surface area contributed by atoms with Gasteiger partial charge in [0.15, 0.2) is 11.5 Å². The van der Waals surface area contributed by atoms with Gasteiger partial charge in [-0.05, 0) is 36.4 Å². The third-order valence-corrected chi connectivity index (χ3v) is 3.98. The van der Waals surface area contributed by atoms with Crippen LogP contribution in [0.25, 0.3) is 0 Å². The van der Waals surface area contributed by atoms with Gasteiger partial charge in [0.25, 0.3) is 11.8 Å². The lowest BCUT2D eigenvalue weighted by Gasteiger charge is -2.14. The van der Waals surface area contributed by atoms with Crippen molar-refractivity contribution in [3.8, 4) is 23.0 Å². The highest BCUT2D eigenvalue weighted by Gasteiger charge is 2.16. The van der Waals surface area contributed by atoms with Gasteiger partial charge in [-0.2, -0.15) is 0 Å². The maximum atomic E-state index is 12.4. The second-order valence-electron chi connectivity index (χ2n) is 5.65. The lowest BCUT2D eigenvalue weighted by molar-refractivity contribution is 0.0927. The van der Waals surface area contributed by atoms with E-state index >= 15 is 0 Å². The zero-order valence-corrected chi connectivity index (χ0v) is 16.3. The maximum Gasteiger partial charge on any atom is 0.251 e. The molecular formula is C20H24N2O6. The van der Waals surface area contributed by atoms with Gasteiger partial charge in [0.05, 0.1) is 28.4 Å². The van der Waals surface area contributed by atoms with Crippen molar-refractivity contribution in [2.45, 2.75) is 0 Å². The van der Waals surface area contributed by atoms with Gasteiger partial charge in [0.2, 0.25) is 5.75 Å². The monoisotopic (exact) mass is 388 g/mol. The summed E-state index contributed by atoms with van der Waals surface area (Å²) in [5, 5.41) is 5.48. The quantitative estimate of drug-likeness (QED) is 0.637. The molecule has 2 rings (SSSR count). The topological polar surface area (TPSA) is 95.1 Å². The van der Waals surface area contributed by atoms with Crippen molar-refractivity contribution in [2.24, 2.45) is 0 Å². The minimum atomic E-state index is -0.321. The summed E-state index contributed by atoms with van der Waals surface area (Å²) < 4.78 is 20.8. The number of carbonyl (C=O) groups is 2. The highest BCUT2D eigenvalue weighted by atomic mass is 16.5. The van der Waals surface area contributed by atoms with Crippen molar-refractivity contribution in [3.05, 3.63) is 47.5 Å². The number of hydrogen-bond acceptors (Lipinski definition) is 6. The second kappa shape index (κ2) is 10.1. The summed E-state index contributed by atoms with van der Waals surface area (Å²) in [7, 11) is 6.01. The van der Waals surface area contributed by atoms with Crippen LogP contribution in [0.4, 0.5) is 0 Å². The molecule has 0 radical (unpaired) electrons. The van der Waals surface area contributed by atoms with Crippen molar-refractivity contribution in [1.82, 2.24) is 10.6 Å². The summed E-state index contributed by atoms with van der Waals surface area (Å²) in [4.78, 5) is 24.5. The fraction of sp³-hybridized carbons (Fsp3) is 0.300. The van der Waals surface area contributed by atoms with E-state index in [4.69, 9.17) is 18.9 Å². The van der Waals surface area contributed by atoms with Crippen molar-refractivity contribution < 1.29 is 28.5 Å². The van der Waals surface area contributed by atoms with Gasteiger partial charge < -0.3 is 29.6 Å². The van der Waals surface area contributed by atoms with E-state index in [1.165, 1.54) is 21.3 Å². The Morgan fingerprint density at radius 1 is 0.714 bits per heavy atom. The highest BCUT2D eigenvalue weighted by molar-refractivity contribution is 5.96. The van der Waals surface area contributed by atoms with Gasteiger partial charge in [-0.3, -0.25) is 9.59 Å². The third kappa shape index (κ3) is 5.06. The Hall–Kier alpha value is -3.42. The standard InChI is InChI=1S/C20H24N2O6/c1-25-15-7-5-13(6-8-15)19(23)21-9-10-22-20(24)14-11-16(26-2)18(28-4)17(12-14)27-3/h5-8,11-12H,9-10H2,1-4H3,(H,21,23)(H,22,24). The molecule has 8 nitrogen and oxygen atoms in total. The minimum absolute atomic E-state index is 0.232. The largest absolute Gasteiger partial charge is 0.497 e. The molecule has 0 aliphatic heterocycles. The minimum Gasteiger partial charge on any atom is -0.497 e. The summed E-state index contributed by atoms with van der Waals surface area (Å²) in [5.41, 5.74) is 0.868. The van der Waals surface area contributed by atoms with Gasteiger partial charge in [0, 0.05) is 24.2 Å². The number of ether oxygens (including phenoxy) is 4. The Morgan fingerprint density at radius 2 is 1.21 bits per heavy atom. The zero-order chi connectivity index (χ0) is 20.5. The van der Waals surface area contributed by atoms with E-state index in [1.807, 2.05) is 0 Å². The number of carbonyl (C=O) groups excluding carboxylic acids is 2. The molecule has 0 spiro atoms. The Morgan fingerprint density at radius 3 is 1.64 bits per heavy atom. The Kier molecular flexibility index (Phi) is 7.50. The van der Waals surface area contributed by atoms with E-state index in [0.717, 1.165) is 0 Å². The molecule has 0 aliphatic carbocycles. The molecule has 0 aliphatic rings. The maximum absolute atomic E-state index is 12.4. The van der Waals surface area contributed by atoms with E-state index in [1.54, 1.807) is 43.5 Å². The van der Waals surface area contributed by atoms with Crippen LogP contribution in [0.5, 0.6) is 23.0 Å². The van der Waals surface area contributed by atoms with Gasteiger partial charge in [-0.1, -0.05) is 0 Å². The molecule has 2 amide bonds. The van der Waals surface area contributed by atoms with E-state index in [2.05, 4.69) is 10.6 Å². The molecule has 2 N–H and O–H groups in total. The van der Waals surface area contributed by atoms with Gasteiger partial charge in [-0.15, -0.1) is 0 Å². The second-order valence-corrected chi connectivity index (χ2v) is 5.65. The average molecular weight is 388 g/mol. The summed E-state index contributed by atoms with van der Waals surface area (Å²) in [6.45, 7) is 0.540. The zero-order valence-electron chi connectivity index (χ0n) is 16.3. The molecule has 0 saturated carbocycles. The first-order valence-corrected chi connectivity index (χ1v) is 8.54. The Bertz CT molecular complexity index is 795. The number of rotatable bonds is 9. The number of amides is 2. The molecule has 2 aromatic carbocycles. The van der Waals surface area contributed by atoms with Crippen LogP contribution in [0.1, 0.15) is 20.7 Å². The lowest BCUT2D eigenvalue weighted by Crippen LogP contribution is -2.34. The number of benzene rings is 2. The van der Waals surface area contributed by atoms with E-state index < -0.39 is 0 Å². The molecule has 28 heavy (non-hydrogen) atoms. The SMILES string of the molecule is COc1ccc(C(=O)NCCNC(=O)c2cc(OC)c(OC)c(OC)c2)cc1. The van der Waals surface area contributed by atoms with Crippen molar-refractivity contribution in [2.75, 3.05) is 41.5 Å². The third-order valence-electron chi connectivity index (χ3n) is 3.98. The number of methoxy groups -OCH3 is 4. The number of nitrogens with one attached hydrogen (secondary N) is 2. The smallest absolute Gasteiger partial charge is 0.251 e. The predicted octanol–water partition coefficient (Wildman–Crippen LogP) is 1.88. The normalized spacial score (nSPS) is 10.0. The molecule has 0 bridgehead atoms. The van der Waals surface area contributed by atoms with Crippen LogP contribution in [0, 0.1) is 0 Å². The molecule has 0 fully saturated rings. The van der Waals surface area contributed by atoms with E-state index in [0.29, 0.717) is 34.1 Å². The summed E-state index contributed by atoms with van der Waals surface area (Å²) in [6.07, 6.45) is 0. The van der Waals surface area contributed by atoms with Gasteiger partial charge in [0.1, 0.15) is 5.75 Å². The molecule has 0 saturated heterocycles. The summed E-state index contributed by atoms with van der Waals surface area (Å²) in [6, 6.07) is 9.88. The summed E-state index contributed by atoms with van der Waals surface area (Å²) in [5.74, 6) is 1.31. The molecule has 0 atom stereocenters. The Labute approximate surface area is 163 Å². The molecule has 2 aromatic rings. The first-order chi connectivity index (χ1) is 13.5. The fourth-order valence-electron chi connectivity index (χ4n) is 2.51. The summed E-state index contributed by atoms with van der Waals surface area (Å²) >= 11 is 0. The Balaban J connectivity index is 1.90. The first kappa shape index (κ1) is 20.9. The van der Waals surface area contributed by atoms with Gasteiger partial charge >= 0.3 is 0 Å². The fourth-order valence-corrected chi connectivity index (χ4v) is 2.51. The van der Waals surface area contributed by atoms with Crippen LogP contribution >= 0.6 is 0 Å². The van der Waals surface area contributed by atoms with Crippen LogP contribution in [0.2, 0.25) is 0 Å². The van der Waals surface area contributed by atoms with Crippen LogP contribution < -0.4 is 29.6 Å². The highest BCUT2D eigenvalue weighted by Crippen LogP contribution is 2.38. The molecule has 0 heterocycles. The van der Waals surface area contributed by atoms with Crippen LogP contribution in [-0.2, 0) is 0 Å². The van der Waals surface area contributed by atoms with Crippen molar-refractivity contribution in [3.63, 3.8) is 0 Å². The molecular weight excluding hydrogens is 364 g/mol. The molecule has 0 aromatic heterocycles. The average Bonchev–Trinajstić information content (AvgIpc) is 2.75. The van der Waals surface area contributed by atoms with E-state index in [-0.39, 0.29) is 24.9 Å². The van der Waals surface area contributed by atoms with Crippen LogP contribution in [0.3, 0.4) is 0 Å². The lowest BCUT2D eigenvalue weighted by atomic mass is 10.1. The van der Waals surface area contributed by atoms with Crippen LogP contribution in [-0.4, -0.2) is 53.3 Å². The van der Waals surface area contributed by atoms with Crippen molar-refractivity contribution >= 4 is 11.8 Å². The molecule has 8 heteroatoms. The van der Waals surface area contributed by atoms with Crippen LogP contribution in [0.15, 0.2) is 36.4 Å². The van der Waals surface area contributed by atoms with Crippen molar-refractivity contribution in [1.29, 1.82) is 0 Å². The number of hydrogen-bond donors (Lipinski definition) is 2. The predicted molar refractivity (Wildman–Crippen MR) is 104 cm³/mol. The molecule has 0 unspecified atom stereocenters.